The van der Waals surface area contributed by atoms with Crippen LogP contribution in [0.15, 0.2) is 0 Å². The topological polar surface area (TPSA) is 9.23 Å². The van der Waals surface area contributed by atoms with Crippen molar-refractivity contribution in [3.63, 3.8) is 0 Å². The molecule has 0 aromatic heterocycles. The van der Waals surface area contributed by atoms with E-state index in [0.717, 1.165) is 12.1 Å². The van der Waals surface area contributed by atoms with E-state index >= 15 is 0 Å². The Morgan fingerprint density at radius 1 is 1.27 bits per heavy atom. The van der Waals surface area contributed by atoms with Crippen LogP contribution >= 0.6 is 0 Å². The van der Waals surface area contributed by atoms with Crippen LogP contribution in [0.4, 0.5) is 0 Å². The highest BCUT2D eigenvalue weighted by molar-refractivity contribution is 6.77. The average molecular weight is 172 g/mol. The third-order valence-electron chi connectivity index (χ3n) is 2.77. The highest BCUT2D eigenvalue weighted by Crippen LogP contribution is 2.43. The second-order valence-corrected chi connectivity index (χ2v) is 10.6. The second kappa shape index (κ2) is 2.59. The first-order valence-electron chi connectivity index (χ1n) is 4.48. The fourth-order valence-corrected chi connectivity index (χ4v) is 5.52. The molecule has 1 aliphatic rings. The molecule has 11 heavy (non-hydrogen) atoms. The van der Waals surface area contributed by atoms with Crippen molar-refractivity contribution in [3.8, 4) is 0 Å². The second-order valence-electron chi connectivity index (χ2n) is 5.16. The van der Waals surface area contributed by atoms with Crippen molar-refractivity contribution < 1.29 is 4.74 Å². The number of ether oxygens (including phenoxy) is 1. The molecule has 1 heterocycles. The Balaban J connectivity index is 2.73. The Morgan fingerprint density at radius 2 is 1.82 bits per heavy atom. The van der Waals surface area contributed by atoms with Crippen LogP contribution in [0, 0.1) is 0 Å². The van der Waals surface area contributed by atoms with Gasteiger partial charge < -0.3 is 4.74 Å². The predicted molar refractivity (Wildman–Crippen MR) is 51.7 cm³/mol. The minimum Gasteiger partial charge on any atom is -0.376 e. The van der Waals surface area contributed by atoms with Crippen LogP contribution in [0.2, 0.25) is 25.2 Å². The summed E-state index contributed by atoms with van der Waals surface area (Å²) in [5.74, 6) is 0. The number of hydrogen-bond acceptors (Lipinski definition) is 1. The fraction of sp³-hybridized carbons (Fsp3) is 1.00. The van der Waals surface area contributed by atoms with Gasteiger partial charge in [0.25, 0.3) is 0 Å². The van der Waals surface area contributed by atoms with E-state index in [1.165, 1.54) is 6.42 Å². The SMILES string of the molecule is CC1(C)OCC[C@H]1[Si](C)(C)C. The fourth-order valence-electron chi connectivity index (χ4n) is 2.36. The van der Waals surface area contributed by atoms with E-state index in [4.69, 9.17) is 4.74 Å². The molecule has 1 saturated heterocycles. The maximum atomic E-state index is 5.71. The smallest absolute Gasteiger partial charge is 0.0631 e. The standard InChI is InChI=1S/C9H20OSi/c1-9(2)8(6-7-10-9)11(3,4)5/h8H,6-7H2,1-5H3/t8-/m1/s1. The molecular weight excluding hydrogens is 152 g/mol. The van der Waals surface area contributed by atoms with Gasteiger partial charge in [-0.3, -0.25) is 0 Å². The van der Waals surface area contributed by atoms with Gasteiger partial charge in [0.05, 0.1) is 13.7 Å². The highest BCUT2D eigenvalue weighted by atomic mass is 28.3. The normalized spacial score (nSPS) is 30.8. The molecule has 1 aliphatic heterocycles. The van der Waals surface area contributed by atoms with Gasteiger partial charge in [0.2, 0.25) is 0 Å². The molecule has 0 N–H and O–H groups in total. The summed E-state index contributed by atoms with van der Waals surface area (Å²) in [6.07, 6.45) is 1.28. The van der Waals surface area contributed by atoms with E-state index in [1.54, 1.807) is 0 Å². The highest BCUT2D eigenvalue weighted by Gasteiger charge is 2.43. The molecule has 0 aromatic rings. The van der Waals surface area contributed by atoms with E-state index in [9.17, 15) is 0 Å². The van der Waals surface area contributed by atoms with Crippen LogP contribution in [0.5, 0.6) is 0 Å². The maximum absolute atomic E-state index is 5.71. The summed E-state index contributed by atoms with van der Waals surface area (Å²) in [5, 5.41) is 0. The molecule has 66 valence electrons. The van der Waals surface area contributed by atoms with Gasteiger partial charge in [0, 0.05) is 6.61 Å². The molecule has 0 aromatic carbocycles. The van der Waals surface area contributed by atoms with Crippen molar-refractivity contribution in [3.05, 3.63) is 0 Å². The van der Waals surface area contributed by atoms with Crippen molar-refractivity contribution >= 4 is 8.07 Å². The minimum atomic E-state index is -0.985. The van der Waals surface area contributed by atoms with Crippen molar-refractivity contribution in [2.45, 2.75) is 51.1 Å². The summed E-state index contributed by atoms with van der Waals surface area (Å²) in [4.78, 5) is 0. The van der Waals surface area contributed by atoms with E-state index < -0.39 is 8.07 Å². The van der Waals surface area contributed by atoms with Crippen LogP contribution in [-0.4, -0.2) is 20.3 Å². The molecule has 0 aliphatic carbocycles. The molecule has 1 rings (SSSR count). The van der Waals surface area contributed by atoms with Crippen molar-refractivity contribution in [1.82, 2.24) is 0 Å². The van der Waals surface area contributed by atoms with Gasteiger partial charge in [-0.25, -0.2) is 0 Å². The first kappa shape index (κ1) is 9.27. The summed E-state index contributed by atoms with van der Waals surface area (Å²) in [5.41, 5.74) is 1.000. The summed E-state index contributed by atoms with van der Waals surface area (Å²) < 4.78 is 5.71. The van der Waals surface area contributed by atoms with Crippen LogP contribution in [0.3, 0.4) is 0 Å². The Bertz CT molecular complexity index is 146. The molecule has 2 heteroatoms. The lowest BCUT2D eigenvalue weighted by molar-refractivity contribution is 0.0357. The lowest BCUT2D eigenvalue weighted by atomic mass is 10.1. The van der Waals surface area contributed by atoms with Gasteiger partial charge in [0.15, 0.2) is 0 Å². The first-order chi connectivity index (χ1) is 4.84. The van der Waals surface area contributed by atoms with Crippen molar-refractivity contribution in [1.29, 1.82) is 0 Å². The lowest BCUT2D eigenvalue weighted by Crippen LogP contribution is -2.39. The Hall–Kier alpha value is 0.177. The summed E-state index contributed by atoms with van der Waals surface area (Å²) in [6, 6.07) is 0. The Kier molecular flexibility index (Phi) is 2.19. The summed E-state index contributed by atoms with van der Waals surface area (Å²) >= 11 is 0. The molecule has 1 fully saturated rings. The van der Waals surface area contributed by atoms with Crippen LogP contribution in [0.25, 0.3) is 0 Å². The van der Waals surface area contributed by atoms with Gasteiger partial charge in [-0.1, -0.05) is 19.6 Å². The maximum Gasteiger partial charge on any atom is 0.0631 e. The quantitative estimate of drug-likeness (QED) is 0.553. The zero-order chi connectivity index (χ0) is 8.70. The molecule has 0 radical (unpaired) electrons. The third kappa shape index (κ3) is 1.85. The Labute approximate surface area is 71.1 Å². The van der Waals surface area contributed by atoms with E-state index in [2.05, 4.69) is 33.5 Å². The Morgan fingerprint density at radius 3 is 2.00 bits per heavy atom. The van der Waals surface area contributed by atoms with E-state index in [-0.39, 0.29) is 5.60 Å². The molecule has 0 amide bonds. The first-order valence-corrected chi connectivity index (χ1v) is 8.06. The molecule has 0 unspecified atom stereocenters. The average Bonchev–Trinajstić information content (AvgIpc) is 2.06. The van der Waals surface area contributed by atoms with Crippen molar-refractivity contribution in [2.24, 2.45) is 0 Å². The van der Waals surface area contributed by atoms with Crippen molar-refractivity contribution in [2.75, 3.05) is 6.61 Å². The molecule has 0 saturated carbocycles. The lowest BCUT2D eigenvalue weighted by Gasteiger charge is -2.34. The number of rotatable bonds is 1. The summed E-state index contributed by atoms with van der Waals surface area (Å²) in [6.45, 7) is 12.8. The van der Waals surface area contributed by atoms with Gasteiger partial charge in [-0.15, -0.1) is 0 Å². The third-order valence-corrected chi connectivity index (χ3v) is 5.84. The van der Waals surface area contributed by atoms with Gasteiger partial charge in [-0.05, 0) is 25.8 Å². The number of hydrogen-bond donors (Lipinski definition) is 0. The van der Waals surface area contributed by atoms with E-state index in [1.807, 2.05) is 0 Å². The van der Waals surface area contributed by atoms with Crippen LogP contribution in [0.1, 0.15) is 20.3 Å². The zero-order valence-electron chi connectivity index (χ0n) is 8.40. The molecule has 0 bridgehead atoms. The minimum absolute atomic E-state index is 0.157. The van der Waals surface area contributed by atoms with Gasteiger partial charge >= 0.3 is 0 Å². The monoisotopic (exact) mass is 172 g/mol. The summed E-state index contributed by atoms with van der Waals surface area (Å²) in [7, 11) is -0.985. The molecule has 0 spiro atoms. The molecule has 1 nitrogen and oxygen atoms in total. The zero-order valence-corrected chi connectivity index (χ0v) is 9.40. The van der Waals surface area contributed by atoms with Gasteiger partial charge in [0.1, 0.15) is 0 Å². The van der Waals surface area contributed by atoms with Crippen LogP contribution < -0.4 is 0 Å². The molecule has 1 atom stereocenters. The van der Waals surface area contributed by atoms with Gasteiger partial charge in [-0.2, -0.15) is 0 Å². The van der Waals surface area contributed by atoms with E-state index in [0.29, 0.717) is 0 Å². The molecular formula is C9H20OSi. The largest absolute Gasteiger partial charge is 0.376 e. The predicted octanol–water partition coefficient (Wildman–Crippen LogP) is 2.89. The van der Waals surface area contributed by atoms with Crippen LogP contribution in [-0.2, 0) is 4.74 Å².